The van der Waals surface area contributed by atoms with Gasteiger partial charge in [0.15, 0.2) is 5.82 Å². The number of rotatable bonds is 6. The second-order valence-electron chi connectivity index (χ2n) is 6.53. The van der Waals surface area contributed by atoms with Crippen LogP contribution < -0.4 is 10.2 Å². The number of nitrogens with one attached hydrogen (secondary N) is 1. The summed E-state index contributed by atoms with van der Waals surface area (Å²) >= 11 is 0. The molecular weight excluding hydrogens is 318 g/mol. The molecule has 0 spiro atoms. The number of likely N-dealkylation sites (N-methyl/N-ethyl adjacent to an activating group) is 1. The summed E-state index contributed by atoms with van der Waals surface area (Å²) in [7, 11) is 1.79. The van der Waals surface area contributed by atoms with Gasteiger partial charge < -0.3 is 19.5 Å². The zero-order valence-corrected chi connectivity index (χ0v) is 14.8. The molecule has 1 aliphatic rings. The van der Waals surface area contributed by atoms with Gasteiger partial charge in [-0.1, -0.05) is 0 Å². The third-order valence-corrected chi connectivity index (χ3v) is 4.47. The zero-order chi connectivity index (χ0) is 17.6. The van der Waals surface area contributed by atoms with E-state index in [2.05, 4.69) is 20.4 Å². The molecule has 7 heteroatoms. The van der Waals surface area contributed by atoms with Crippen molar-refractivity contribution in [1.82, 2.24) is 20.4 Å². The Kier molecular flexibility index (Phi) is 5.65. The van der Waals surface area contributed by atoms with Crippen molar-refractivity contribution in [3.63, 3.8) is 0 Å². The van der Waals surface area contributed by atoms with Crippen LogP contribution in [-0.4, -0.2) is 53.7 Å². The monoisotopic (exact) mass is 343 g/mol. The molecule has 25 heavy (non-hydrogen) atoms. The molecule has 2 aromatic heterocycles. The van der Waals surface area contributed by atoms with E-state index in [9.17, 15) is 4.79 Å². The van der Waals surface area contributed by atoms with E-state index in [1.54, 1.807) is 18.2 Å². The maximum atomic E-state index is 12.3. The standard InChI is InChI=1S/C18H25N5O2/c1-14-7-8-17(21-20-14)23-9-3-5-15(12-23)19-11-18(24)22(2)13-16-6-4-10-25-16/h4,6-8,10,15,19H,3,5,9,11-13H2,1-2H3. The first-order valence-corrected chi connectivity index (χ1v) is 8.67. The number of hydrogen-bond acceptors (Lipinski definition) is 6. The molecule has 1 fully saturated rings. The van der Waals surface area contributed by atoms with Crippen LogP contribution in [0.2, 0.25) is 0 Å². The second kappa shape index (κ2) is 8.11. The number of aromatic nitrogens is 2. The largest absolute Gasteiger partial charge is 0.467 e. The van der Waals surface area contributed by atoms with E-state index in [-0.39, 0.29) is 11.9 Å². The minimum absolute atomic E-state index is 0.0589. The summed E-state index contributed by atoms with van der Waals surface area (Å²) in [4.78, 5) is 16.2. The quantitative estimate of drug-likeness (QED) is 0.859. The predicted octanol–water partition coefficient (Wildman–Crippen LogP) is 1.60. The van der Waals surface area contributed by atoms with Crippen LogP contribution in [0.15, 0.2) is 34.9 Å². The van der Waals surface area contributed by atoms with Gasteiger partial charge in [-0.05, 0) is 44.0 Å². The van der Waals surface area contributed by atoms with E-state index in [1.807, 2.05) is 31.2 Å². The van der Waals surface area contributed by atoms with Crippen molar-refractivity contribution >= 4 is 11.7 Å². The fourth-order valence-electron chi connectivity index (χ4n) is 3.00. The van der Waals surface area contributed by atoms with Crippen LogP contribution >= 0.6 is 0 Å². The second-order valence-corrected chi connectivity index (χ2v) is 6.53. The molecule has 7 nitrogen and oxygen atoms in total. The highest BCUT2D eigenvalue weighted by Crippen LogP contribution is 2.17. The Hall–Kier alpha value is -2.41. The molecule has 1 atom stereocenters. The van der Waals surface area contributed by atoms with Crippen LogP contribution in [0.4, 0.5) is 5.82 Å². The Morgan fingerprint density at radius 2 is 2.28 bits per heavy atom. The van der Waals surface area contributed by atoms with Gasteiger partial charge in [-0.3, -0.25) is 4.79 Å². The third kappa shape index (κ3) is 4.79. The molecular formula is C18H25N5O2. The number of nitrogens with zero attached hydrogens (tertiary/aromatic N) is 4. The number of anilines is 1. The first-order valence-electron chi connectivity index (χ1n) is 8.67. The van der Waals surface area contributed by atoms with Crippen LogP contribution in [0.3, 0.4) is 0 Å². The Morgan fingerprint density at radius 1 is 1.40 bits per heavy atom. The SMILES string of the molecule is Cc1ccc(N2CCCC(NCC(=O)N(C)Cc3ccco3)C2)nn1. The van der Waals surface area contributed by atoms with E-state index in [0.29, 0.717) is 13.1 Å². The van der Waals surface area contributed by atoms with Gasteiger partial charge in [0.1, 0.15) is 5.76 Å². The molecule has 1 amide bonds. The maximum Gasteiger partial charge on any atom is 0.236 e. The molecule has 0 radical (unpaired) electrons. The molecule has 3 rings (SSSR count). The molecule has 0 saturated carbocycles. The number of furan rings is 1. The molecule has 1 N–H and O–H groups in total. The number of aryl methyl sites for hydroxylation is 1. The summed E-state index contributed by atoms with van der Waals surface area (Å²) < 4.78 is 5.29. The molecule has 1 unspecified atom stereocenters. The number of amides is 1. The molecule has 0 bridgehead atoms. The van der Waals surface area contributed by atoms with Crippen molar-refractivity contribution in [2.24, 2.45) is 0 Å². The molecule has 1 aliphatic heterocycles. The van der Waals surface area contributed by atoms with Crippen molar-refractivity contribution in [2.45, 2.75) is 32.4 Å². The van der Waals surface area contributed by atoms with Crippen molar-refractivity contribution < 1.29 is 9.21 Å². The number of hydrogen-bond donors (Lipinski definition) is 1. The average molecular weight is 343 g/mol. The first kappa shape index (κ1) is 17.4. The van der Waals surface area contributed by atoms with E-state index in [1.165, 1.54) is 0 Å². The highest BCUT2D eigenvalue weighted by Gasteiger charge is 2.22. The maximum absolute atomic E-state index is 12.3. The lowest BCUT2D eigenvalue weighted by Gasteiger charge is -2.34. The fraction of sp³-hybridized carbons (Fsp3) is 0.500. The molecule has 0 aromatic carbocycles. The van der Waals surface area contributed by atoms with Crippen LogP contribution in [0.5, 0.6) is 0 Å². The van der Waals surface area contributed by atoms with Crippen LogP contribution in [-0.2, 0) is 11.3 Å². The van der Waals surface area contributed by atoms with Crippen LogP contribution in [0.25, 0.3) is 0 Å². The first-order chi connectivity index (χ1) is 12.1. The summed E-state index contributed by atoms with van der Waals surface area (Å²) in [6, 6.07) is 7.97. The summed E-state index contributed by atoms with van der Waals surface area (Å²) in [6.07, 6.45) is 3.76. The molecule has 134 valence electrons. The normalized spacial score (nSPS) is 17.5. The highest BCUT2D eigenvalue weighted by atomic mass is 16.3. The summed E-state index contributed by atoms with van der Waals surface area (Å²) in [5.74, 6) is 1.75. The number of piperidine rings is 1. The van der Waals surface area contributed by atoms with Gasteiger partial charge in [-0.2, -0.15) is 5.10 Å². The van der Waals surface area contributed by atoms with E-state index in [4.69, 9.17) is 4.42 Å². The Morgan fingerprint density at radius 3 is 3.00 bits per heavy atom. The van der Waals surface area contributed by atoms with Gasteiger partial charge in [-0.25, -0.2) is 0 Å². The van der Waals surface area contributed by atoms with E-state index in [0.717, 1.165) is 43.2 Å². The smallest absolute Gasteiger partial charge is 0.236 e. The van der Waals surface area contributed by atoms with Gasteiger partial charge in [0.05, 0.1) is 25.0 Å². The minimum atomic E-state index is 0.0589. The molecule has 3 heterocycles. The summed E-state index contributed by atoms with van der Waals surface area (Å²) in [5, 5.41) is 11.8. The minimum Gasteiger partial charge on any atom is -0.467 e. The topological polar surface area (TPSA) is 74.5 Å². The number of carbonyl (C=O) groups excluding carboxylic acids is 1. The van der Waals surface area contributed by atoms with Crippen LogP contribution in [0, 0.1) is 6.92 Å². The third-order valence-electron chi connectivity index (χ3n) is 4.47. The molecule has 2 aromatic rings. The van der Waals surface area contributed by atoms with Crippen molar-refractivity contribution in [2.75, 3.05) is 31.6 Å². The summed E-state index contributed by atoms with van der Waals surface area (Å²) in [5.41, 5.74) is 0.917. The lowest BCUT2D eigenvalue weighted by Crippen LogP contribution is -2.48. The van der Waals surface area contributed by atoms with Crippen molar-refractivity contribution in [3.05, 3.63) is 42.0 Å². The van der Waals surface area contributed by atoms with Crippen molar-refractivity contribution in [3.8, 4) is 0 Å². The van der Waals surface area contributed by atoms with Gasteiger partial charge in [0.2, 0.25) is 5.91 Å². The average Bonchev–Trinajstić information content (AvgIpc) is 3.13. The van der Waals surface area contributed by atoms with Crippen molar-refractivity contribution in [1.29, 1.82) is 0 Å². The predicted molar refractivity (Wildman–Crippen MR) is 95.2 cm³/mol. The van der Waals surface area contributed by atoms with Gasteiger partial charge in [0, 0.05) is 26.2 Å². The lowest BCUT2D eigenvalue weighted by atomic mass is 10.1. The number of carbonyl (C=O) groups is 1. The van der Waals surface area contributed by atoms with Crippen LogP contribution in [0.1, 0.15) is 24.3 Å². The Balaban J connectivity index is 1.47. The summed E-state index contributed by atoms with van der Waals surface area (Å²) in [6.45, 7) is 4.57. The molecule has 0 aliphatic carbocycles. The fourth-order valence-corrected chi connectivity index (χ4v) is 3.00. The highest BCUT2D eigenvalue weighted by molar-refractivity contribution is 5.77. The van der Waals surface area contributed by atoms with Gasteiger partial charge in [-0.15, -0.1) is 5.10 Å². The molecule has 1 saturated heterocycles. The van der Waals surface area contributed by atoms with E-state index >= 15 is 0 Å². The lowest BCUT2D eigenvalue weighted by molar-refractivity contribution is -0.129. The van der Waals surface area contributed by atoms with E-state index < -0.39 is 0 Å². The Labute approximate surface area is 148 Å². The van der Waals surface area contributed by atoms with Gasteiger partial charge >= 0.3 is 0 Å². The Bertz CT molecular complexity index is 671. The zero-order valence-electron chi connectivity index (χ0n) is 14.8. The van der Waals surface area contributed by atoms with Gasteiger partial charge in [0.25, 0.3) is 0 Å².